The molecule has 1 aliphatic heterocycles. The Labute approximate surface area is 123 Å². The Kier molecular flexibility index (Phi) is 4.31. The Balaban J connectivity index is 2.22. The van der Waals surface area contributed by atoms with Crippen molar-refractivity contribution in [3.8, 4) is 11.5 Å². The van der Waals surface area contributed by atoms with Crippen molar-refractivity contribution in [1.82, 2.24) is 0 Å². The van der Waals surface area contributed by atoms with Gasteiger partial charge in [-0.1, -0.05) is 0 Å². The second kappa shape index (κ2) is 5.99. The highest BCUT2D eigenvalue weighted by Crippen LogP contribution is 2.37. The van der Waals surface area contributed by atoms with Crippen LogP contribution in [0.1, 0.15) is 36.7 Å². The molecule has 0 saturated heterocycles. The molecule has 5 heteroatoms. The number of Topliss-reactive ketones (excluding diaryl/α,β-unsaturated/α-hetero) is 1. The number of aryl methyl sites for hydroxylation is 1. The van der Waals surface area contributed by atoms with Crippen LogP contribution in [0.15, 0.2) is 23.5 Å². The molecule has 0 N–H and O–H groups in total. The van der Waals surface area contributed by atoms with Crippen LogP contribution in [-0.4, -0.2) is 25.0 Å². The molecule has 0 spiro atoms. The maximum atomic E-state index is 12.2. The Hall–Kier alpha value is -2.30. The zero-order valence-electron chi connectivity index (χ0n) is 12.6. The number of allylic oxidation sites excluding steroid dienone is 2. The van der Waals surface area contributed by atoms with Crippen LogP contribution < -0.4 is 9.47 Å². The molecule has 1 aromatic rings. The second-order valence-electron chi connectivity index (χ2n) is 4.97. The van der Waals surface area contributed by atoms with Crippen LogP contribution in [0.5, 0.6) is 11.5 Å². The van der Waals surface area contributed by atoms with Gasteiger partial charge in [0.25, 0.3) is 0 Å². The highest BCUT2D eigenvalue weighted by molar-refractivity contribution is 6.13. The maximum absolute atomic E-state index is 12.2. The smallest absolute Gasteiger partial charge is 0.344 e. The number of esters is 1. The molecule has 5 nitrogen and oxygen atoms in total. The summed E-state index contributed by atoms with van der Waals surface area (Å²) in [6.07, 6.45) is 0. The molecular weight excluding hydrogens is 272 g/mol. The molecule has 0 aliphatic carbocycles. The average molecular weight is 290 g/mol. The molecule has 1 heterocycles. The first kappa shape index (κ1) is 15.1. The van der Waals surface area contributed by atoms with Gasteiger partial charge < -0.3 is 14.2 Å². The van der Waals surface area contributed by atoms with Crippen molar-refractivity contribution >= 4 is 11.8 Å². The third kappa shape index (κ3) is 3.07. The Morgan fingerprint density at radius 2 is 2.00 bits per heavy atom. The number of ketones is 1. The van der Waals surface area contributed by atoms with E-state index in [0.717, 1.165) is 11.1 Å². The van der Waals surface area contributed by atoms with Gasteiger partial charge in [-0.3, -0.25) is 4.79 Å². The topological polar surface area (TPSA) is 61.8 Å². The molecule has 112 valence electrons. The third-order valence-corrected chi connectivity index (χ3v) is 3.03. The lowest BCUT2D eigenvalue weighted by Gasteiger charge is -2.08. The zero-order chi connectivity index (χ0) is 15.6. The largest absolute Gasteiger partial charge is 0.482 e. The van der Waals surface area contributed by atoms with Gasteiger partial charge in [0.2, 0.25) is 5.78 Å². The Bertz CT molecular complexity index is 624. The third-order valence-electron chi connectivity index (χ3n) is 3.03. The molecule has 0 radical (unpaired) electrons. The number of hydrogen-bond acceptors (Lipinski definition) is 5. The van der Waals surface area contributed by atoms with E-state index in [1.54, 1.807) is 19.1 Å². The fourth-order valence-corrected chi connectivity index (χ4v) is 2.12. The summed E-state index contributed by atoms with van der Waals surface area (Å²) in [7, 11) is 0. The lowest BCUT2D eigenvalue weighted by atomic mass is 10.0. The fraction of sp³-hybridized carbons (Fsp3) is 0.375. The van der Waals surface area contributed by atoms with Crippen LogP contribution >= 0.6 is 0 Å². The first-order valence-corrected chi connectivity index (χ1v) is 6.77. The van der Waals surface area contributed by atoms with Crippen LogP contribution in [0.2, 0.25) is 0 Å². The van der Waals surface area contributed by atoms with Crippen molar-refractivity contribution in [3.63, 3.8) is 0 Å². The molecular formula is C16H18O5. The highest BCUT2D eigenvalue weighted by atomic mass is 16.6. The van der Waals surface area contributed by atoms with Gasteiger partial charge in [0.15, 0.2) is 12.4 Å². The number of carbonyl (C=O) groups is 2. The second-order valence-corrected chi connectivity index (χ2v) is 4.97. The lowest BCUT2D eigenvalue weighted by Crippen LogP contribution is -2.14. The molecule has 0 bridgehead atoms. The van der Waals surface area contributed by atoms with Gasteiger partial charge in [0, 0.05) is 6.07 Å². The summed E-state index contributed by atoms with van der Waals surface area (Å²) in [6.45, 7) is 7.34. The molecule has 0 aromatic heterocycles. The number of fused-ring (bicyclic) bond motifs is 1. The number of hydrogen-bond donors (Lipinski definition) is 0. The summed E-state index contributed by atoms with van der Waals surface area (Å²) < 4.78 is 15.8. The van der Waals surface area contributed by atoms with Gasteiger partial charge in [-0.15, -0.1) is 0 Å². The minimum absolute atomic E-state index is 0.112. The summed E-state index contributed by atoms with van der Waals surface area (Å²) in [5.41, 5.74) is 2.13. The van der Waals surface area contributed by atoms with Gasteiger partial charge in [0.05, 0.1) is 12.2 Å². The summed E-state index contributed by atoms with van der Waals surface area (Å²) in [5.74, 6) is 0.755. The van der Waals surface area contributed by atoms with Gasteiger partial charge >= 0.3 is 5.97 Å². The number of rotatable bonds is 4. The zero-order valence-corrected chi connectivity index (χ0v) is 12.6. The van der Waals surface area contributed by atoms with Gasteiger partial charge in [-0.25, -0.2) is 4.79 Å². The average Bonchev–Trinajstić information content (AvgIpc) is 2.74. The summed E-state index contributed by atoms with van der Waals surface area (Å²) in [4.78, 5) is 23.5. The maximum Gasteiger partial charge on any atom is 0.344 e. The number of ether oxygens (including phenoxy) is 3. The molecule has 0 fully saturated rings. The van der Waals surface area contributed by atoms with Crippen molar-refractivity contribution in [2.45, 2.75) is 27.7 Å². The van der Waals surface area contributed by atoms with Gasteiger partial charge in [-0.05, 0) is 44.9 Å². The Morgan fingerprint density at radius 1 is 1.29 bits per heavy atom. The van der Waals surface area contributed by atoms with E-state index in [1.807, 2.05) is 20.8 Å². The minimum Gasteiger partial charge on any atom is -0.482 e. The fourth-order valence-electron chi connectivity index (χ4n) is 2.12. The van der Waals surface area contributed by atoms with Crippen LogP contribution in [0.25, 0.3) is 0 Å². The van der Waals surface area contributed by atoms with Crippen molar-refractivity contribution in [2.24, 2.45) is 0 Å². The standard InChI is InChI=1S/C16H18O5/c1-5-19-13(17)8-20-11-6-10(4)14-12(7-11)21-16(9(2)3)15(14)18/h6-7H,5,8H2,1-4H3. The van der Waals surface area contributed by atoms with E-state index in [4.69, 9.17) is 14.2 Å². The molecule has 21 heavy (non-hydrogen) atoms. The molecule has 0 saturated carbocycles. The van der Waals surface area contributed by atoms with Crippen molar-refractivity contribution < 1.29 is 23.8 Å². The monoisotopic (exact) mass is 290 g/mol. The van der Waals surface area contributed by atoms with E-state index < -0.39 is 5.97 Å². The summed E-state index contributed by atoms with van der Waals surface area (Å²) in [6, 6.07) is 3.34. The van der Waals surface area contributed by atoms with E-state index in [0.29, 0.717) is 29.4 Å². The normalized spacial score (nSPS) is 12.8. The first-order chi connectivity index (χ1) is 9.93. The van der Waals surface area contributed by atoms with Crippen LogP contribution in [0.3, 0.4) is 0 Å². The predicted molar refractivity (Wildman–Crippen MR) is 76.6 cm³/mol. The van der Waals surface area contributed by atoms with Crippen molar-refractivity contribution in [2.75, 3.05) is 13.2 Å². The number of carbonyl (C=O) groups excluding carboxylic acids is 2. The van der Waals surface area contributed by atoms with E-state index >= 15 is 0 Å². The predicted octanol–water partition coefficient (Wildman–Crippen LogP) is 2.81. The molecule has 0 atom stereocenters. The molecule has 1 aliphatic rings. The van der Waals surface area contributed by atoms with E-state index in [-0.39, 0.29) is 12.4 Å². The summed E-state index contributed by atoms with van der Waals surface area (Å²) in [5, 5.41) is 0. The molecule has 0 amide bonds. The quantitative estimate of drug-likeness (QED) is 0.630. The van der Waals surface area contributed by atoms with Crippen LogP contribution in [-0.2, 0) is 9.53 Å². The van der Waals surface area contributed by atoms with Crippen LogP contribution in [0, 0.1) is 6.92 Å². The summed E-state index contributed by atoms with van der Waals surface area (Å²) >= 11 is 0. The van der Waals surface area contributed by atoms with Gasteiger partial charge in [0.1, 0.15) is 11.5 Å². The van der Waals surface area contributed by atoms with E-state index in [9.17, 15) is 9.59 Å². The highest BCUT2D eigenvalue weighted by Gasteiger charge is 2.30. The van der Waals surface area contributed by atoms with Crippen LogP contribution in [0.4, 0.5) is 0 Å². The molecule has 2 rings (SSSR count). The van der Waals surface area contributed by atoms with Gasteiger partial charge in [-0.2, -0.15) is 0 Å². The molecule has 1 aromatic carbocycles. The SMILES string of the molecule is CCOC(=O)COc1cc(C)c2c(c1)OC(=C(C)C)C2=O. The minimum atomic E-state index is -0.433. The van der Waals surface area contributed by atoms with E-state index in [1.165, 1.54) is 0 Å². The Morgan fingerprint density at radius 3 is 2.62 bits per heavy atom. The lowest BCUT2D eigenvalue weighted by molar-refractivity contribution is -0.145. The van der Waals surface area contributed by atoms with Crippen molar-refractivity contribution in [3.05, 3.63) is 34.6 Å². The molecule has 0 unspecified atom stereocenters. The number of benzene rings is 1. The van der Waals surface area contributed by atoms with Crippen molar-refractivity contribution in [1.29, 1.82) is 0 Å². The first-order valence-electron chi connectivity index (χ1n) is 6.77. The van der Waals surface area contributed by atoms with E-state index in [2.05, 4.69) is 0 Å².